The smallest absolute Gasteiger partial charge is 0.220 e. The lowest BCUT2D eigenvalue weighted by molar-refractivity contribution is -0.121. The molecule has 90 valence electrons. The molecular formula is C14H12N2O2. The van der Waals surface area contributed by atoms with Gasteiger partial charge in [-0.2, -0.15) is 5.26 Å². The molecule has 0 radical (unpaired) electrons. The van der Waals surface area contributed by atoms with Crippen LogP contribution in [0.4, 0.5) is 0 Å². The molecule has 1 aliphatic rings. The molecule has 1 aromatic carbocycles. The number of benzene rings is 1. The van der Waals surface area contributed by atoms with Gasteiger partial charge in [0.25, 0.3) is 0 Å². The molecule has 0 amide bonds. The van der Waals surface area contributed by atoms with Crippen molar-refractivity contribution in [3.05, 3.63) is 30.2 Å². The number of para-hydroxylation sites is 2. The number of hydrogen-bond donors (Lipinski definition) is 0. The Morgan fingerprint density at radius 3 is 2.89 bits per heavy atom. The fraction of sp³-hybridized carbons (Fsp3) is 0.357. The second-order valence-corrected chi connectivity index (χ2v) is 4.80. The number of oxazole rings is 1. The second-order valence-electron chi connectivity index (χ2n) is 4.80. The molecule has 18 heavy (non-hydrogen) atoms. The van der Waals surface area contributed by atoms with Crippen LogP contribution < -0.4 is 0 Å². The van der Waals surface area contributed by atoms with Crippen LogP contribution in [0, 0.1) is 23.2 Å². The zero-order chi connectivity index (χ0) is 12.7. The standard InChI is InChI=1S/C14H12N2O2/c1-8-6-9(8)13(17)10(7-15)14-16-11-4-2-3-5-12(11)18-14/h2-5,8-10H,6H2,1H3/t8-,9+,10-/m1/s1. The molecule has 0 N–H and O–H groups in total. The molecule has 1 fully saturated rings. The number of aromatic nitrogens is 1. The number of ketones is 1. The van der Waals surface area contributed by atoms with Crippen LogP contribution in [0.25, 0.3) is 11.1 Å². The van der Waals surface area contributed by atoms with Gasteiger partial charge in [-0.25, -0.2) is 4.98 Å². The molecule has 1 aromatic heterocycles. The van der Waals surface area contributed by atoms with Crippen molar-refractivity contribution in [1.29, 1.82) is 5.26 Å². The summed E-state index contributed by atoms with van der Waals surface area (Å²) in [7, 11) is 0. The third kappa shape index (κ3) is 1.68. The Kier molecular flexibility index (Phi) is 2.41. The van der Waals surface area contributed by atoms with Crippen LogP contribution in [0.3, 0.4) is 0 Å². The van der Waals surface area contributed by atoms with Gasteiger partial charge in [0.2, 0.25) is 5.89 Å². The van der Waals surface area contributed by atoms with Crippen LogP contribution in [-0.4, -0.2) is 10.8 Å². The molecule has 1 heterocycles. The molecule has 2 aromatic rings. The molecule has 3 atom stereocenters. The van der Waals surface area contributed by atoms with Crippen molar-refractivity contribution in [3.8, 4) is 6.07 Å². The first kappa shape index (κ1) is 11.0. The largest absolute Gasteiger partial charge is 0.439 e. The van der Waals surface area contributed by atoms with E-state index >= 15 is 0 Å². The van der Waals surface area contributed by atoms with Gasteiger partial charge in [-0.1, -0.05) is 19.1 Å². The number of fused-ring (bicyclic) bond motifs is 1. The third-order valence-corrected chi connectivity index (χ3v) is 3.45. The highest BCUT2D eigenvalue weighted by molar-refractivity contribution is 5.92. The van der Waals surface area contributed by atoms with E-state index < -0.39 is 5.92 Å². The highest BCUT2D eigenvalue weighted by atomic mass is 16.3. The predicted octanol–water partition coefficient (Wildman–Crippen LogP) is 2.66. The first-order valence-corrected chi connectivity index (χ1v) is 5.99. The van der Waals surface area contributed by atoms with Crippen LogP contribution in [-0.2, 0) is 4.79 Å². The van der Waals surface area contributed by atoms with E-state index in [1.165, 1.54) is 0 Å². The van der Waals surface area contributed by atoms with Gasteiger partial charge >= 0.3 is 0 Å². The number of nitriles is 1. The maximum atomic E-state index is 12.1. The maximum absolute atomic E-state index is 12.1. The lowest BCUT2D eigenvalue weighted by Crippen LogP contribution is -2.13. The van der Waals surface area contributed by atoms with Gasteiger partial charge in [-0.15, -0.1) is 0 Å². The van der Waals surface area contributed by atoms with Crippen molar-refractivity contribution in [2.45, 2.75) is 19.3 Å². The lowest BCUT2D eigenvalue weighted by Gasteiger charge is -2.01. The number of carbonyl (C=O) groups is 1. The molecule has 0 aliphatic heterocycles. The third-order valence-electron chi connectivity index (χ3n) is 3.45. The summed E-state index contributed by atoms with van der Waals surface area (Å²) in [6.45, 7) is 2.02. The summed E-state index contributed by atoms with van der Waals surface area (Å²) in [6, 6.07) is 9.29. The number of rotatable bonds is 3. The van der Waals surface area contributed by atoms with E-state index in [0.717, 1.165) is 6.42 Å². The zero-order valence-electron chi connectivity index (χ0n) is 9.96. The van der Waals surface area contributed by atoms with Crippen molar-refractivity contribution in [2.75, 3.05) is 0 Å². The fourth-order valence-electron chi connectivity index (χ4n) is 2.19. The van der Waals surface area contributed by atoms with Gasteiger partial charge in [0.15, 0.2) is 17.3 Å². The molecule has 0 unspecified atom stereocenters. The highest BCUT2D eigenvalue weighted by Gasteiger charge is 2.44. The molecule has 1 aliphatic carbocycles. The summed E-state index contributed by atoms with van der Waals surface area (Å²) in [5, 5.41) is 9.17. The monoisotopic (exact) mass is 240 g/mol. The normalized spacial score (nSPS) is 23.6. The number of Topliss-reactive ketones (excluding diaryl/α,β-unsaturated/α-hetero) is 1. The summed E-state index contributed by atoms with van der Waals surface area (Å²) in [4.78, 5) is 16.3. The molecule has 4 heteroatoms. The van der Waals surface area contributed by atoms with E-state index in [1.807, 2.05) is 25.1 Å². The van der Waals surface area contributed by atoms with Crippen molar-refractivity contribution in [2.24, 2.45) is 11.8 Å². The number of hydrogen-bond acceptors (Lipinski definition) is 4. The van der Waals surface area contributed by atoms with Crippen LogP contribution in [0.15, 0.2) is 28.7 Å². The number of carbonyl (C=O) groups excluding carboxylic acids is 1. The molecule has 0 saturated heterocycles. The molecule has 1 saturated carbocycles. The Hall–Kier alpha value is -2.15. The lowest BCUT2D eigenvalue weighted by atomic mass is 10.0. The van der Waals surface area contributed by atoms with Crippen molar-refractivity contribution < 1.29 is 9.21 Å². The fourth-order valence-corrected chi connectivity index (χ4v) is 2.19. The average molecular weight is 240 g/mol. The first-order chi connectivity index (χ1) is 8.70. The van der Waals surface area contributed by atoms with Gasteiger partial charge < -0.3 is 4.42 Å². The van der Waals surface area contributed by atoms with E-state index in [-0.39, 0.29) is 17.6 Å². The van der Waals surface area contributed by atoms with E-state index in [9.17, 15) is 4.79 Å². The Labute approximate surface area is 104 Å². The van der Waals surface area contributed by atoms with Gasteiger partial charge in [-0.3, -0.25) is 4.79 Å². The van der Waals surface area contributed by atoms with Crippen LogP contribution in [0.1, 0.15) is 25.2 Å². The second kappa shape index (κ2) is 3.95. The summed E-state index contributed by atoms with van der Waals surface area (Å²) >= 11 is 0. The van der Waals surface area contributed by atoms with Crippen molar-refractivity contribution >= 4 is 16.9 Å². The summed E-state index contributed by atoms with van der Waals surface area (Å²) in [6.07, 6.45) is 0.872. The van der Waals surface area contributed by atoms with E-state index in [0.29, 0.717) is 17.0 Å². The first-order valence-electron chi connectivity index (χ1n) is 5.99. The van der Waals surface area contributed by atoms with Crippen molar-refractivity contribution in [3.63, 3.8) is 0 Å². The Morgan fingerprint density at radius 1 is 1.56 bits per heavy atom. The minimum absolute atomic E-state index is 0.00432. The minimum Gasteiger partial charge on any atom is -0.439 e. The van der Waals surface area contributed by atoms with Crippen LogP contribution in [0.2, 0.25) is 0 Å². The summed E-state index contributed by atoms with van der Waals surface area (Å²) < 4.78 is 5.50. The SMILES string of the molecule is C[C@@H]1C[C@@H]1C(=O)[C@@H](C#N)c1nc2ccccc2o1. The van der Waals surface area contributed by atoms with Crippen molar-refractivity contribution in [1.82, 2.24) is 4.98 Å². The number of nitrogens with zero attached hydrogens (tertiary/aromatic N) is 2. The van der Waals surface area contributed by atoms with E-state index in [2.05, 4.69) is 4.98 Å². The molecule has 0 spiro atoms. The summed E-state index contributed by atoms with van der Waals surface area (Å²) in [5.74, 6) is -0.311. The van der Waals surface area contributed by atoms with E-state index in [4.69, 9.17) is 9.68 Å². The topological polar surface area (TPSA) is 66.9 Å². The average Bonchev–Trinajstić information content (AvgIpc) is 2.95. The highest BCUT2D eigenvalue weighted by Crippen LogP contribution is 2.42. The van der Waals surface area contributed by atoms with Crippen LogP contribution >= 0.6 is 0 Å². The van der Waals surface area contributed by atoms with E-state index in [1.54, 1.807) is 12.1 Å². The Balaban J connectivity index is 1.96. The molecule has 3 rings (SSSR count). The van der Waals surface area contributed by atoms with Gasteiger partial charge in [0.05, 0.1) is 6.07 Å². The summed E-state index contributed by atoms with van der Waals surface area (Å²) in [5.41, 5.74) is 1.30. The van der Waals surface area contributed by atoms with Gasteiger partial charge in [0, 0.05) is 5.92 Å². The zero-order valence-corrected chi connectivity index (χ0v) is 9.96. The quantitative estimate of drug-likeness (QED) is 0.827. The van der Waals surface area contributed by atoms with Gasteiger partial charge in [0.1, 0.15) is 5.52 Å². The molecule has 4 nitrogen and oxygen atoms in total. The Bertz CT molecular complexity index is 620. The molecular weight excluding hydrogens is 228 g/mol. The molecule has 0 bridgehead atoms. The Morgan fingerprint density at radius 2 is 2.28 bits per heavy atom. The minimum atomic E-state index is -0.868. The van der Waals surface area contributed by atoms with Gasteiger partial charge in [-0.05, 0) is 24.5 Å². The van der Waals surface area contributed by atoms with Crippen LogP contribution in [0.5, 0.6) is 0 Å². The predicted molar refractivity (Wildman–Crippen MR) is 64.6 cm³/mol. The maximum Gasteiger partial charge on any atom is 0.220 e.